The lowest BCUT2D eigenvalue weighted by Crippen LogP contribution is -2.21. The van der Waals surface area contributed by atoms with Crippen LogP contribution in [0.2, 0.25) is 5.02 Å². The zero-order chi connectivity index (χ0) is 22.5. The fraction of sp³-hybridized carbons (Fsp3) is 0.278. The Kier molecular flexibility index (Phi) is 7.64. The molecule has 0 aliphatic rings. The molecule has 0 saturated heterocycles. The minimum atomic E-state index is -4.63. The van der Waals surface area contributed by atoms with Crippen molar-refractivity contribution in [2.24, 2.45) is 0 Å². The average molecular weight is 473 g/mol. The Morgan fingerprint density at radius 2 is 1.37 bits per heavy atom. The van der Waals surface area contributed by atoms with E-state index >= 15 is 0 Å². The highest BCUT2D eigenvalue weighted by Crippen LogP contribution is 2.29. The highest BCUT2D eigenvalue weighted by atomic mass is 35.5. The molecule has 0 unspecified atom stereocenters. The molecule has 0 radical (unpaired) electrons. The summed E-state index contributed by atoms with van der Waals surface area (Å²) in [5.74, 6) is -0.702. The smallest absolute Gasteiger partial charge is 0.422 e. The third kappa shape index (κ3) is 8.54. The summed E-state index contributed by atoms with van der Waals surface area (Å²) in [6, 6.07) is 8.23. The highest BCUT2D eigenvalue weighted by Gasteiger charge is 2.30. The van der Waals surface area contributed by atoms with Gasteiger partial charge in [0.1, 0.15) is 11.5 Å². The molecule has 0 fully saturated rings. The fourth-order valence-corrected chi connectivity index (χ4v) is 2.52. The summed E-state index contributed by atoms with van der Waals surface area (Å²) in [6.45, 7) is -1.45. The van der Waals surface area contributed by atoms with Crippen molar-refractivity contribution < 1.29 is 35.8 Å². The predicted octanol–water partition coefficient (Wildman–Crippen LogP) is 6.34. The number of benzene rings is 2. The monoisotopic (exact) mass is 472 g/mol. The minimum absolute atomic E-state index is 0.0182. The summed E-state index contributed by atoms with van der Waals surface area (Å²) in [4.78, 5) is 0. The SMILES string of the molecule is Cc1ccc(NC(=S)Nc2cc(OCC(F)(F)F)cc(OCC(F)(F)F)c2)cc1Cl. The molecule has 0 bridgehead atoms. The van der Waals surface area contributed by atoms with Crippen LogP contribution >= 0.6 is 23.8 Å². The number of hydrogen-bond acceptors (Lipinski definition) is 3. The molecule has 30 heavy (non-hydrogen) atoms. The topological polar surface area (TPSA) is 42.5 Å². The van der Waals surface area contributed by atoms with Crippen LogP contribution in [0.25, 0.3) is 0 Å². The molecule has 0 atom stereocenters. The van der Waals surface area contributed by atoms with Crippen molar-refractivity contribution >= 4 is 40.3 Å². The number of anilines is 2. The van der Waals surface area contributed by atoms with E-state index in [9.17, 15) is 26.3 Å². The molecule has 0 heterocycles. The van der Waals surface area contributed by atoms with Crippen LogP contribution in [0.1, 0.15) is 5.56 Å². The van der Waals surface area contributed by atoms with Crippen molar-refractivity contribution in [3.8, 4) is 11.5 Å². The van der Waals surface area contributed by atoms with Gasteiger partial charge in [0.15, 0.2) is 18.3 Å². The van der Waals surface area contributed by atoms with Gasteiger partial charge in [0.05, 0.1) is 0 Å². The molecular weight excluding hydrogens is 458 g/mol. The molecule has 0 spiro atoms. The maximum Gasteiger partial charge on any atom is 0.422 e. The second kappa shape index (κ2) is 9.61. The highest BCUT2D eigenvalue weighted by molar-refractivity contribution is 7.80. The van der Waals surface area contributed by atoms with Gasteiger partial charge < -0.3 is 20.1 Å². The van der Waals surface area contributed by atoms with Crippen molar-refractivity contribution in [3.63, 3.8) is 0 Å². The molecular formula is C18H15ClF6N2O2S. The van der Waals surface area contributed by atoms with Crippen molar-refractivity contribution in [2.75, 3.05) is 23.8 Å². The number of ether oxygens (including phenoxy) is 2. The van der Waals surface area contributed by atoms with E-state index in [0.717, 1.165) is 23.8 Å². The maximum absolute atomic E-state index is 12.4. The third-order valence-corrected chi connectivity index (χ3v) is 3.98. The third-order valence-electron chi connectivity index (χ3n) is 3.37. The van der Waals surface area contributed by atoms with Crippen LogP contribution in [0.3, 0.4) is 0 Å². The van der Waals surface area contributed by atoms with E-state index in [4.69, 9.17) is 23.8 Å². The molecule has 0 aliphatic heterocycles. The lowest BCUT2D eigenvalue weighted by Gasteiger charge is -2.16. The van der Waals surface area contributed by atoms with Crippen LogP contribution in [-0.2, 0) is 0 Å². The zero-order valence-electron chi connectivity index (χ0n) is 15.2. The van der Waals surface area contributed by atoms with Gasteiger partial charge in [-0.25, -0.2) is 0 Å². The van der Waals surface area contributed by atoms with Crippen LogP contribution in [-0.4, -0.2) is 30.7 Å². The Labute approximate surface area is 178 Å². The lowest BCUT2D eigenvalue weighted by molar-refractivity contribution is -0.153. The first kappa shape index (κ1) is 23.9. The number of halogens is 7. The predicted molar refractivity (Wildman–Crippen MR) is 106 cm³/mol. The quantitative estimate of drug-likeness (QED) is 0.379. The van der Waals surface area contributed by atoms with Gasteiger partial charge in [-0.2, -0.15) is 26.3 Å². The van der Waals surface area contributed by atoms with Gasteiger partial charge in [-0.05, 0) is 36.8 Å². The zero-order valence-corrected chi connectivity index (χ0v) is 16.8. The molecule has 2 N–H and O–H groups in total. The standard InChI is InChI=1S/C18H15ClF6N2O2S/c1-10-2-3-11(6-15(10)19)26-16(30)27-12-4-13(28-8-17(20,21)22)7-14(5-12)29-9-18(23,24)25/h2-7H,8-9H2,1H3,(H2,26,27,30). The van der Waals surface area contributed by atoms with Gasteiger partial charge in [-0.15, -0.1) is 0 Å². The molecule has 0 saturated carbocycles. The van der Waals surface area contributed by atoms with E-state index in [0.29, 0.717) is 10.7 Å². The summed E-state index contributed by atoms with van der Waals surface area (Å²) in [6.07, 6.45) is -9.25. The Balaban J connectivity index is 2.16. The van der Waals surface area contributed by atoms with Crippen molar-refractivity contribution in [2.45, 2.75) is 19.3 Å². The van der Waals surface area contributed by atoms with Gasteiger partial charge in [0.2, 0.25) is 0 Å². The van der Waals surface area contributed by atoms with Crippen LogP contribution in [0, 0.1) is 6.92 Å². The molecule has 4 nitrogen and oxygen atoms in total. The van der Waals surface area contributed by atoms with E-state index in [1.165, 1.54) is 0 Å². The van der Waals surface area contributed by atoms with E-state index in [2.05, 4.69) is 20.1 Å². The molecule has 2 aromatic rings. The molecule has 2 rings (SSSR count). The lowest BCUT2D eigenvalue weighted by atomic mass is 10.2. The molecule has 0 aliphatic carbocycles. The normalized spacial score (nSPS) is 11.7. The Morgan fingerprint density at radius 1 is 0.867 bits per heavy atom. The van der Waals surface area contributed by atoms with Crippen molar-refractivity contribution in [1.29, 1.82) is 0 Å². The minimum Gasteiger partial charge on any atom is -0.484 e. The molecule has 0 aromatic heterocycles. The number of aryl methyl sites for hydroxylation is 1. The summed E-state index contributed by atoms with van der Waals surface area (Å²) in [7, 11) is 0. The number of thiocarbonyl (C=S) groups is 1. The largest absolute Gasteiger partial charge is 0.484 e. The number of nitrogens with one attached hydrogen (secondary N) is 2. The van der Waals surface area contributed by atoms with E-state index in [1.807, 2.05) is 0 Å². The Bertz CT molecular complexity index is 869. The van der Waals surface area contributed by atoms with Crippen LogP contribution < -0.4 is 20.1 Å². The molecule has 12 heteroatoms. The van der Waals surface area contributed by atoms with Gasteiger partial charge in [0.25, 0.3) is 0 Å². The summed E-state index contributed by atoms with van der Waals surface area (Å²) in [5, 5.41) is 5.96. The van der Waals surface area contributed by atoms with Crippen LogP contribution in [0.15, 0.2) is 36.4 Å². The summed E-state index contributed by atoms with van der Waals surface area (Å²) in [5.41, 5.74) is 1.42. The second-order valence-corrected chi connectivity index (χ2v) is 6.86. The van der Waals surface area contributed by atoms with Gasteiger partial charge in [-0.3, -0.25) is 0 Å². The van der Waals surface area contributed by atoms with E-state index in [1.54, 1.807) is 25.1 Å². The Morgan fingerprint density at radius 3 is 1.83 bits per heavy atom. The first-order chi connectivity index (χ1) is 13.8. The number of alkyl halides is 6. The molecule has 2 aromatic carbocycles. The Hall–Kier alpha value is -2.40. The van der Waals surface area contributed by atoms with Gasteiger partial charge in [-0.1, -0.05) is 17.7 Å². The number of hydrogen-bond donors (Lipinski definition) is 2. The van der Waals surface area contributed by atoms with Gasteiger partial charge >= 0.3 is 12.4 Å². The fourth-order valence-electron chi connectivity index (χ4n) is 2.10. The average Bonchev–Trinajstić information content (AvgIpc) is 2.60. The van der Waals surface area contributed by atoms with Crippen LogP contribution in [0.5, 0.6) is 11.5 Å². The summed E-state index contributed by atoms with van der Waals surface area (Å²) < 4.78 is 83.6. The van der Waals surface area contributed by atoms with Crippen molar-refractivity contribution in [3.05, 3.63) is 47.0 Å². The van der Waals surface area contributed by atoms with Gasteiger partial charge in [0, 0.05) is 34.6 Å². The molecule has 164 valence electrons. The summed E-state index contributed by atoms with van der Waals surface area (Å²) >= 11 is 11.1. The maximum atomic E-state index is 12.4. The molecule has 0 amide bonds. The first-order valence-electron chi connectivity index (χ1n) is 8.19. The van der Waals surface area contributed by atoms with E-state index < -0.39 is 25.6 Å². The second-order valence-electron chi connectivity index (χ2n) is 6.04. The van der Waals surface area contributed by atoms with Crippen LogP contribution in [0.4, 0.5) is 37.7 Å². The van der Waals surface area contributed by atoms with Crippen molar-refractivity contribution in [1.82, 2.24) is 0 Å². The van der Waals surface area contributed by atoms with E-state index in [-0.39, 0.29) is 22.3 Å². The first-order valence-corrected chi connectivity index (χ1v) is 8.98. The number of rotatable bonds is 6.